The number of carbonyl (C=O) groups is 2. The topological polar surface area (TPSA) is 78.4 Å². The van der Waals surface area contributed by atoms with Crippen molar-refractivity contribution in [2.24, 2.45) is 5.41 Å². The molecule has 156 valence electrons. The number of amides is 1. The Hall–Kier alpha value is -1.87. The van der Waals surface area contributed by atoms with E-state index in [0.717, 1.165) is 24.9 Å². The SMILES string of the molecule is O=C(N[C@H]1CCNC[C@@H]1F)C1(Cc2ccc(Cl)cc2)CC1.O=C(O)C(F)(F)F. The Labute approximate surface area is 164 Å². The molecule has 1 aromatic rings. The van der Waals surface area contributed by atoms with Crippen molar-refractivity contribution in [1.82, 2.24) is 10.6 Å². The van der Waals surface area contributed by atoms with Crippen molar-refractivity contribution in [2.75, 3.05) is 13.1 Å². The van der Waals surface area contributed by atoms with Crippen LogP contribution < -0.4 is 10.6 Å². The fraction of sp³-hybridized carbons (Fsp3) is 0.556. The number of benzene rings is 1. The van der Waals surface area contributed by atoms with Crippen LogP contribution in [-0.2, 0) is 16.0 Å². The minimum atomic E-state index is -5.08. The van der Waals surface area contributed by atoms with Crippen LogP contribution in [0.5, 0.6) is 0 Å². The quantitative estimate of drug-likeness (QED) is 0.649. The molecule has 3 rings (SSSR count). The second-order valence-electron chi connectivity index (χ2n) is 6.98. The molecule has 1 aliphatic heterocycles. The van der Waals surface area contributed by atoms with Crippen LogP contribution in [0.2, 0.25) is 5.02 Å². The summed E-state index contributed by atoms with van der Waals surface area (Å²) in [5, 5.41) is 13.7. The van der Waals surface area contributed by atoms with E-state index in [1.807, 2.05) is 24.3 Å². The van der Waals surface area contributed by atoms with E-state index in [0.29, 0.717) is 24.4 Å². The number of alkyl halides is 4. The van der Waals surface area contributed by atoms with Crippen LogP contribution in [0.15, 0.2) is 24.3 Å². The number of hydrogen-bond donors (Lipinski definition) is 3. The fourth-order valence-corrected chi connectivity index (χ4v) is 3.06. The predicted molar refractivity (Wildman–Crippen MR) is 94.8 cm³/mol. The molecular weight excluding hydrogens is 404 g/mol. The molecule has 0 bridgehead atoms. The molecule has 28 heavy (non-hydrogen) atoms. The first-order valence-electron chi connectivity index (χ1n) is 8.74. The third-order valence-corrected chi connectivity index (χ3v) is 5.01. The lowest BCUT2D eigenvalue weighted by atomic mass is 9.94. The monoisotopic (exact) mass is 424 g/mol. The van der Waals surface area contributed by atoms with Crippen molar-refractivity contribution < 1.29 is 32.3 Å². The van der Waals surface area contributed by atoms with Gasteiger partial charge in [0.2, 0.25) is 5.91 Å². The lowest BCUT2D eigenvalue weighted by Crippen LogP contribution is -2.52. The summed E-state index contributed by atoms with van der Waals surface area (Å²) in [6, 6.07) is 7.25. The number of halogens is 5. The Bertz CT molecular complexity index is 693. The molecule has 1 saturated carbocycles. The molecule has 0 radical (unpaired) electrons. The number of carbonyl (C=O) groups excluding carboxylic acids is 1. The second kappa shape index (κ2) is 9.09. The number of carboxylic acids is 1. The highest BCUT2D eigenvalue weighted by atomic mass is 35.5. The predicted octanol–water partition coefficient (Wildman–Crippen LogP) is 3.11. The maximum absolute atomic E-state index is 13.8. The summed E-state index contributed by atoms with van der Waals surface area (Å²) in [5.41, 5.74) is 0.771. The zero-order chi connectivity index (χ0) is 20.9. The number of nitrogens with one attached hydrogen (secondary N) is 2. The van der Waals surface area contributed by atoms with Gasteiger partial charge in [0.15, 0.2) is 0 Å². The van der Waals surface area contributed by atoms with Gasteiger partial charge >= 0.3 is 12.1 Å². The number of aliphatic carboxylic acids is 1. The van der Waals surface area contributed by atoms with Gasteiger partial charge in [-0.1, -0.05) is 23.7 Å². The molecular formula is C18H21ClF4N2O3. The van der Waals surface area contributed by atoms with E-state index < -0.39 is 18.3 Å². The fourth-order valence-electron chi connectivity index (χ4n) is 2.93. The van der Waals surface area contributed by atoms with Gasteiger partial charge < -0.3 is 15.7 Å². The minimum absolute atomic E-state index is 0.00648. The van der Waals surface area contributed by atoms with Crippen LogP contribution in [0.25, 0.3) is 0 Å². The van der Waals surface area contributed by atoms with Gasteiger partial charge in [-0.3, -0.25) is 4.79 Å². The standard InChI is InChI=1S/C16H20ClFN2O.C2HF3O2/c17-12-3-1-11(2-4-12)9-16(6-7-16)15(21)20-14-5-8-19-10-13(14)18;3-2(4,5)1(6)7/h1-4,13-14,19H,5-10H2,(H,20,21);(H,6,7)/t13-,14-;/m0./s1. The first-order chi connectivity index (χ1) is 13.0. The molecule has 0 spiro atoms. The van der Waals surface area contributed by atoms with Gasteiger partial charge in [-0.25, -0.2) is 9.18 Å². The van der Waals surface area contributed by atoms with Crippen molar-refractivity contribution in [2.45, 2.75) is 44.1 Å². The lowest BCUT2D eigenvalue weighted by Gasteiger charge is -2.29. The third kappa shape index (κ3) is 6.34. The minimum Gasteiger partial charge on any atom is -0.475 e. The van der Waals surface area contributed by atoms with E-state index in [9.17, 15) is 22.4 Å². The Morgan fingerprint density at radius 1 is 1.25 bits per heavy atom. The van der Waals surface area contributed by atoms with Gasteiger partial charge in [-0.2, -0.15) is 13.2 Å². The Morgan fingerprint density at radius 3 is 2.29 bits per heavy atom. The van der Waals surface area contributed by atoms with Gasteiger partial charge in [0.25, 0.3) is 0 Å². The molecule has 10 heteroatoms. The largest absolute Gasteiger partial charge is 0.490 e. The smallest absolute Gasteiger partial charge is 0.475 e. The Morgan fingerprint density at radius 2 is 1.82 bits per heavy atom. The van der Waals surface area contributed by atoms with Gasteiger partial charge in [0, 0.05) is 11.6 Å². The first kappa shape index (κ1) is 22.4. The lowest BCUT2D eigenvalue weighted by molar-refractivity contribution is -0.192. The Kier molecular flexibility index (Phi) is 7.28. The number of rotatable bonds is 4. The summed E-state index contributed by atoms with van der Waals surface area (Å²) in [6.45, 7) is 1.09. The summed E-state index contributed by atoms with van der Waals surface area (Å²) in [5.74, 6) is -2.75. The Balaban J connectivity index is 0.000000345. The van der Waals surface area contributed by atoms with Crippen LogP contribution in [0.1, 0.15) is 24.8 Å². The molecule has 0 unspecified atom stereocenters. The molecule has 2 fully saturated rings. The number of piperidine rings is 1. The normalized spacial score (nSPS) is 23.2. The molecule has 3 N–H and O–H groups in total. The van der Waals surface area contributed by atoms with Crippen molar-refractivity contribution >= 4 is 23.5 Å². The zero-order valence-electron chi connectivity index (χ0n) is 14.9. The van der Waals surface area contributed by atoms with Crippen LogP contribution in [-0.4, -0.2) is 48.5 Å². The maximum Gasteiger partial charge on any atom is 0.490 e. The summed E-state index contributed by atoms with van der Waals surface area (Å²) < 4.78 is 45.5. The van der Waals surface area contributed by atoms with Crippen molar-refractivity contribution in [3.63, 3.8) is 0 Å². The molecule has 1 heterocycles. The van der Waals surface area contributed by atoms with Gasteiger partial charge in [-0.05, 0) is 49.9 Å². The van der Waals surface area contributed by atoms with Crippen molar-refractivity contribution in [1.29, 1.82) is 0 Å². The highest BCUT2D eigenvalue weighted by Crippen LogP contribution is 2.48. The van der Waals surface area contributed by atoms with Gasteiger partial charge in [0.1, 0.15) is 6.17 Å². The van der Waals surface area contributed by atoms with Crippen LogP contribution >= 0.6 is 11.6 Å². The van der Waals surface area contributed by atoms with Crippen molar-refractivity contribution in [3.8, 4) is 0 Å². The highest BCUT2D eigenvalue weighted by Gasteiger charge is 2.50. The highest BCUT2D eigenvalue weighted by molar-refractivity contribution is 6.30. The summed E-state index contributed by atoms with van der Waals surface area (Å²) in [4.78, 5) is 21.4. The number of hydrogen-bond acceptors (Lipinski definition) is 3. The molecule has 1 amide bonds. The maximum atomic E-state index is 13.8. The molecule has 2 atom stereocenters. The van der Waals surface area contributed by atoms with E-state index in [-0.39, 0.29) is 17.4 Å². The molecule has 1 aliphatic carbocycles. The first-order valence-corrected chi connectivity index (χ1v) is 9.12. The summed E-state index contributed by atoms with van der Waals surface area (Å²) in [7, 11) is 0. The van der Waals surface area contributed by atoms with Crippen LogP contribution in [0.3, 0.4) is 0 Å². The average Bonchev–Trinajstić information content (AvgIpc) is 3.39. The van der Waals surface area contributed by atoms with E-state index in [4.69, 9.17) is 21.5 Å². The molecule has 2 aliphatic rings. The molecule has 1 saturated heterocycles. The van der Waals surface area contributed by atoms with Gasteiger partial charge in [0.05, 0.1) is 11.5 Å². The van der Waals surface area contributed by atoms with Crippen molar-refractivity contribution in [3.05, 3.63) is 34.9 Å². The second-order valence-corrected chi connectivity index (χ2v) is 7.41. The van der Waals surface area contributed by atoms with E-state index >= 15 is 0 Å². The number of carboxylic acid groups (broad SMARTS) is 1. The summed E-state index contributed by atoms with van der Waals surface area (Å²) >= 11 is 5.88. The van der Waals surface area contributed by atoms with E-state index in [2.05, 4.69) is 10.6 Å². The van der Waals surface area contributed by atoms with Crippen LogP contribution in [0, 0.1) is 5.41 Å². The van der Waals surface area contributed by atoms with E-state index in [1.54, 1.807) is 0 Å². The zero-order valence-corrected chi connectivity index (χ0v) is 15.6. The van der Waals surface area contributed by atoms with Crippen LogP contribution in [0.4, 0.5) is 17.6 Å². The molecule has 0 aromatic heterocycles. The molecule has 5 nitrogen and oxygen atoms in total. The van der Waals surface area contributed by atoms with E-state index in [1.165, 1.54) is 0 Å². The summed E-state index contributed by atoms with van der Waals surface area (Å²) in [6.07, 6.45) is -2.96. The molecule has 1 aromatic carbocycles. The average molecular weight is 425 g/mol. The third-order valence-electron chi connectivity index (χ3n) is 4.76. The van der Waals surface area contributed by atoms with Gasteiger partial charge in [-0.15, -0.1) is 0 Å².